The molecule has 0 bridgehead atoms. The molecular formula is C23H18N2O. The lowest BCUT2D eigenvalue weighted by Crippen LogP contribution is -1.89. The Morgan fingerprint density at radius 2 is 1.58 bits per heavy atom. The van der Waals surface area contributed by atoms with Crippen molar-refractivity contribution in [1.29, 1.82) is 0 Å². The van der Waals surface area contributed by atoms with Gasteiger partial charge in [-0.2, -0.15) is 0 Å². The number of fused-ring (bicyclic) bond motifs is 5. The van der Waals surface area contributed by atoms with Crippen LogP contribution in [-0.4, -0.2) is 9.97 Å². The number of benzene rings is 3. The highest BCUT2D eigenvalue weighted by Crippen LogP contribution is 2.36. The molecule has 3 nitrogen and oxygen atoms in total. The predicted molar refractivity (Wildman–Crippen MR) is 106 cm³/mol. The highest BCUT2D eigenvalue weighted by Gasteiger charge is 2.16. The predicted octanol–water partition coefficient (Wildman–Crippen LogP) is 6.32. The molecule has 0 spiro atoms. The summed E-state index contributed by atoms with van der Waals surface area (Å²) in [5.41, 5.74) is 5.68. The van der Waals surface area contributed by atoms with Gasteiger partial charge >= 0.3 is 0 Å². The monoisotopic (exact) mass is 338 g/mol. The number of hydrogen-bond acceptors (Lipinski definition) is 3. The Labute approximate surface area is 151 Å². The molecule has 0 aliphatic rings. The molecule has 0 saturated carbocycles. The third kappa shape index (κ3) is 2.21. The van der Waals surface area contributed by atoms with Crippen molar-refractivity contribution in [3.8, 4) is 11.3 Å². The normalized spacial score (nSPS) is 11.8. The number of aromatic nitrogens is 2. The third-order valence-corrected chi connectivity index (χ3v) is 4.99. The van der Waals surface area contributed by atoms with Crippen molar-refractivity contribution in [2.75, 3.05) is 0 Å². The van der Waals surface area contributed by atoms with Crippen molar-refractivity contribution in [2.24, 2.45) is 0 Å². The number of hydrogen-bond donors (Lipinski definition) is 0. The Balaban J connectivity index is 1.80. The van der Waals surface area contributed by atoms with Crippen LogP contribution in [0.15, 0.2) is 71.4 Å². The standard InChI is InChI=1S/C23H18N2O/c1-14(2)15-7-9-17(10-8-15)20-23-21(25-13-24-20)19-12-11-16-5-3-4-6-18(16)22(19)26-23/h3-14H,1-2H3. The van der Waals surface area contributed by atoms with Gasteiger partial charge in [-0.25, -0.2) is 9.97 Å². The summed E-state index contributed by atoms with van der Waals surface area (Å²) >= 11 is 0. The van der Waals surface area contributed by atoms with E-state index in [9.17, 15) is 0 Å². The third-order valence-electron chi connectivity index (χ3n) is 4.99. The Hall–Kier alpha value is -3.20. The Morgan fingerprint density at radius 1 is 0.769 bits per heavy atom. The summed E-state index contributed by atoms with van der Waals surface area (Å²) in [6.45, 7) is 4.39. The highest BCUT2D eigenvalue weighted by molar-refractivity contribution is 6.15. The van der Waals surface area contributed by atoms with Gasteiger partial charge in [-0.05, 0) is 22.9 Å². The van der Waals surface area contributed by atoms with Crippen molar-refractivity contribution in [3.05, 3.63) is 72.6 Å². The van der Waals surface area contributed by atoms with Crippen molar-refractivity contribution in [3.63, 3.8) is 0 Å². The molecule has 0 fully saturated rings. The Morgan fingerprint density at radius 3 is 2.38 bits per heavy atom. The first-order chi connectivity index (χ1) is 12.7. The molecule has 0 N–H and O–H groups in total. The van der Waals surface area contributed by atoms with Gasteiger partial charge in [0.15, 0.2) is 5.58 Å². The van der Waals surface area contributed by atoms with Crippen LogP contribution in [0.1, 0.15) is 25.3 Å². The van der Waals surface area contributed by atoms with Gasteiger partial charge in [-0.15, -0.1) is 0 Å². The second kappa shape index (κ2) is 5.67. The molecule has 2 aromatic heterocycles. The van der Waals surface area contributed by atoms with E-state index in [1.807, 2.05) is 12.1 Å². The molecular weight excluding hydrogens is 320 g/mol. The van der Waals surface area contributed by atoms with Crippen molar-refractivity contribution in [1.82, 2.24) is 9.97 Å². The van der Waals surface area contributed by atoms with Crippen molar-refractivity contribution < 1.29 is 4.42 Å². The zero-order valence-corrected chi connectivity index (χ0v) is 14.7. The topological polar surface area (TPSA) is 38.9 Å². The Kier molecular flexibility index (Phi) is 3.29. The zero-order valence-electron chi connectivity index (χ0n) is 14.7. The van der Waals surface area contributed by atoms with Gasteiger partial charge in [-0.1, -0.05) is 68.4 Å². The second-order valence-electron chi connectivity index (χ2n) is 6.94. The smallest absolute Gasteiger partial charge is 0.180 e. The molecule has 0 amide bonds. The Bertz CT molecular complexity index is 1250. The molecule has 0 unspecified atom stereocenters. The van der Waals surface area contributed by atoms with E-state index in [2.05, 4.69) is 72.3 Å². The first-order valence-electron chi connectivity index (χ1n) is 8.87. The minimum absolute atomic E-state index is 0.507. The number of furan rings is 1. The molecule has 5 aromatic rings. The van der Waals surface area contributed by atoms with E-state index < -0.39 is 0 Å². The van der Waals surface area contributed by atoms with E-state index in [0.29, 0.717) is 5.92 Å². The van der Waals surface area contributed by atoms with Gasteiger partial charge in [0, 0.05) is 16.3 Å². The minimum atomic E-state index is 0.507. The summed E-state index contributed by atoms with van der Waals surface area (Å²) in [5.74, 6) is 0.507. The molecule has 126 valence electrons. The summed E-state index contributed by atoms with van der Waals surface area (Å²) < 4.78 is 6.30. The maximum Gasteiger partial charge on any atom is 0.180 e. The number of rotatable bonds is 2. The quantitative estimate of drug-likeness (QED) is 0.378. The molecule has 3 aromatic carbocycles. The summed E-state index contributed by atoms with van der Waals surface area (Å²) in [6.07, 6.45) is 1.62. The molecule has 0 radical (unpaired) electrons. The lowest BCUT2D eigenvalue weighted by molar-refractivity contribution is 0.671. The number of nitrogens with zero attached hydrogens (tertiary/aromatic N) is 2. The molecule has 26 heavy (non-hydrogen) atoms. The van der Waals surface area contributed by atoms with Crippen LogP contribution in [0.4, 0.5) is 0 Å². The van der Waals surface area contributed by atoms with Crippen LogP contribution in [0.3, 0.4) is 0 Å². The van der Waals surface area contributed by atoms with Crippen LogP contribution < -0.4 is 0 Å². The highest BCUT2D eigenvalue weighted by atomic mass is 16.3. The molecule has 0 aliphatic carbocycles. The largest absolute Gasteiger partial charge is 0.451 e. The van der Waals surface area contributed by atoms with E-state index in [1.54, 1.807) is 6.33 Å². The molecule has 5 rings (SSSR count). The van der Waals surface area contributed by atoms with Crippen LogP contribution in [-0.2, 0) is 0 Å². The summed E-state index contributed by atoms with van der Waals surface area (Å²) in [6, 6.07) is 21.0. The van der Waals surface area contributed by atoms with Crippen LogP contribution >= 0.6 is 0 Å². The van der Waals surface area contributed by atoms with Crippen molar-refractivity contribution in [2.45, 2.75) is 19.8 Å². The van der Waals surface area contributed by atoms with Crippen molar-refractivity contribution >= 4 is 32.8 Å². The lowest BCUT2D eigenvalue weighted by Gasteiger charge is -2.06. The van der Waals surface area contributed by atoms with Crippen LogP contribution in [0.5, 0.6) is 0 Å². The first kappa shape index (κ1) is 15.1. The molecule has 3 heteroatoms. The maximum atomic E-state index is 6.30. The zero-order chi connectivity index (χ0) is 17.7. The minimum Gasteiger partial charge on any atom is -0.451 e. The summed E-state index contributed by atoms with van der Waals surface area (Å²) in [5, 5.41) is 3.29. The van der Waals surface area contributed by atoms with Gasteiger partial charge in [0.05, 0.1) is 0 Å². The van der Waals surface area contributed by atoms with Gasteiger partial charge in [-0.3, -0.25) is 0 Å². The molecule has 0 aliphatic heterocycles. The lowest BCUT2D eigenvalue weighted by atomic mass is 10.0. The summed E-state index contributed by atoms with van der Waals surface area (Å²) in [4.78, 5) is 9.03. The van der Waals surface area contributed by atoms with Gasteiger partial charge < -0.3 is 4.42 Å². The fraction of sp³-hybridized carbons (Fsp3) is 0.130. The van der Waals surface area contributed by atoms with Gasteiger partial charge in [0.2, 0.25) is 0 Å². The van der Waals surface area contributed by atoms with E-state index in [0.717, 1.165) is 44.1 Å². The van der Waals surface area contributed by atoms with Crippen LogP contribution in [0.2, 0.25) is 0 Å². The summed E-state index contributed by atoms with van der Waals surface area (Å²) in [7, 11) is 0. The average Bonchev–Trinajstić information content (AvgIpc) is 3.07. The maximum absolute atomic E-state index is 6.30. The first-order valence-corrected chi connectivity index (χ1v) is 8.87. The fourth-order valence-electron chi connectivity index (χ4n) is 3.54. The van der Waals surface area contributed by atoms with Gasteiger partial charge in [0.1, 0.15) is 23.1 Å². The van der Waals surface area contributed by atoms with E-state index in [1.165, 1.54) is 5.56 Å². The molecule has 2 heterocycles. The average molecular weight is 338 g/mol. The van der Waals surface area contributed by atoms with E-state index in [-0.39, 0.29) is 0 Å². The van der Waals surface area contributed by atoms with E-state index >= 15 is 0 Å². The SMILES string of the molecule is CC(C)c1ccc(-c2ncnc3c2oc2c4ccccc4ccc32)cc1. The molecule has 0 atom stereocenters. The van der Waals surface area contributed by atoms with Gasteiger partial charge in [0.25, 0.3) is 0 Å². The van der Waals surface area contributed by atoms with Crippen LogP contribution in [0.25, 0.3) is 44.1 Å². The second-order valence-corrected chi connectivity index (χ2v) is 6.94. The van der Waals surface area contributed by atoms with E-state index in [4.69, 9.17) is 4.42 Å². The fourth-order valence-corrected chi connectivity index (χ4v) is 3.54. The molecule has 0 saturated heterocycles. The van der Waals surface area contributed by atoms with Crippen LogP contribution in [0, 0.1) is 0 Å².